The number of carbonyl (C=O) groups is 2. The molecule has 0 fully saturated rings. The maximum Gasteiger partial charge on any atom is 0.329 e. The van der Waals surface area contributed by atoms with Crippen LogP contribution >= 0.6 is 11.3 Å². The third-order valence-electron chi connectivity index (χ3n) is 6.03. The van der Waals surface area contributed by atoms with Gasteiger partial charge < -0.3 is 24.3 Å². The molecule has 1 aromatic carbocycles. The van der Waals surface area contributed by atoms with Crippen molar-refractivity contribution in [2.45, 2.75) is 39.0 Å². The van der Waals surface area contributed by atoms with E-state index in [9.17, 15) is 19.8 Å². The van der Waals surface area contributed by atoms with Gasteiger partial charge in [-0.2, -0.15) is 0 Å². The number of hydrogen-bond donors (Lipinski definition) is 2. The van der Waals surface area contributed by atoms with Crippen molar-refractivity contribution in [3.05, 3.63) is 59.5 Å². The van der Waals surface area contributed by atoms with Crippen LogP contribution in [0.3, 0.4) is 0 Å². The molecule has 0 aliphatic carbocycles. The lowest BCUT2D eigenvalue weighted by molar-refractivity contribution is -0.147. The molecule has 3 aromatic rings. The Bertz CT molecular complexity index is 1160. The molecule has 2 N–H and O–H groups in total. The van der Waals surface area contributed by atoms with E-state index in [-0.39, 0.29) is 26.3 Å². The number of oxazole rings is 1. The first-order valence-corrected chi connectivity index (χ1v) is 11.7. The van der Waals surface area contributed by atoms with Crippen molar-refractivity contribution >= 4 is 28.3 Å². The van der Waals surface area contributed by atoms with E-state index in [2.05, 4.69) is 4.98 Å². The van der Waals surface area contributed by atoms with Crippen LogP contribution in [0.5, 0.6) is 0 Å². The Hall–Kier alpha value is -3.21. The number of aromatic nitrogens is 1. The van der Waals surface area contributed by atoms with Gasteiger partial charge in [0.15, 0.2) is 0 Å². The Morgan fingerprint density at radius 3 is 2.68 bits per heavy atom. The summed E-state index contributed by atoms with van der Waals surface area (Å²) in [4.78, 5) is 33.8. The summed E-state index contributed by atoms with van der Waals surface area (Å²) in [6.07, 6.45) is 2.53. The van der Waals surface area contributed by atoms with Crippen molar-refractivity contribution in [3.63, 3.8) is 0 Å². The molecule has 1 aliphatic heterocycles. The average molecular weight is 486 g/mol. The maximum atomic E-state index is 13.7. The number of amides is 2. The van der Waals surface area contributed by atoms with Gasteiger partial charge in [0, 0.05) is 5.56 Å². The standard InChI is InChI=1S/C24H27N3O6S/c1-15-17-13-27(24(2,3)22(29)30)23(31)26(21(17)34-19(15)20-25-9-11-33-20)14-18(32-12-10-28)16-7-5-4-6-8-16/h4-9,11,18,28H,10,12-14H2,1-3H3,(H,29,30)/t18-/m0/s1. The van der Waals surface area contributed by atoms with E-state index in [4.69, 9.17) is 9.15 Å². The molecule has 180 valence electrons. The number of fused-ring (bicyclic) bond motifs is 1. The first kappa shape index (κ1) is 23.9. The Balaban J connectivity index is 1.80. The second kappa shape index (κ2) is 9.57. The van der Waals surface area contributed by atoms with Crippen LogP contribution in [-0.2, 0) is 16.1 Å². The summed E-state index contributed by atoms with van der Waals surface area (Å²) < 4.78 is 11.4. The number of nitrogens with zero attached hydrogens (tertiary/aromatic N) is 3. The van der Waals surface area contributed by atoms with Crippen LogP contribution in [-0.4, -0.2) is 57.4 Å². The summed E-state index contributed by atoms with van der Waals surface area (Å²) >= 11 is 1.38. The predicted octanol–water partition coefficient (Wildman–Crippen LogP) is 4.07. The molecule has 2 amide bonds. The molecular weight excluding hydrogens is 458 g/mol. The van der Waals surface area contributed by atoms with Crippen molar-refractivity contribution in [2.24, 2.45) is 0 Å². The number of aliphatic carboxylic acids is 1. The molecule has 0 unspecified atom stereocenters. The Kier molecular flexibility index (Phi) is 6.74. The van der Waals surface area contributed by atoms with Crippen LogP contribution in [0.1, 0.15) is 36.6 Å². The molecule has 3 heterocycles. The molecule has 1 aliphatic rings. The highest BCUT2D eigenvalue weighted by Crippen LogP contribution is 2.46. The molecule has 10 heteroatoms. The normalized spacial score (nSPS) is 14.9. The lowest BCUT2D eigenvalue weighted by Gasteiger charge is -2.43. The summed E-state index contributed by atoms with van der Waals surface area (Å²) in [5.41, 5.74) is 1.15. The van der Waals surface area contributed by atoms with Gasteiger partial charge in [-0.05, 0) is 31.9 Å². The largest absolute Gasteiger partial charge is 0.480 e. The van der Waals surface area contributed by atoms with Crippen LogP contribution in [0, 0.1) is 6.92 Å². The van der Waals surface area contributed by atoms with Gasteiger partial charge in [-0.1, -0.05) is 30.3 Å². The van der Waals surface area contributed by atoms with E-state index < -0.39 is 23.6 Å². The molecule has 0 saturated heterocycles. The molecular formula is C24H27N3O6S. The van der Waals surface area contributed by atoms with Gasteiger partial charge in [0.2, 0.25) is 5.89 Å². The summed E-state index contributed by atoms with van der Waals surface area (Å²) in [5.74, 6) is -0.648. The fourth-order valence-electron chi connectivity index (χ4n) is 3.93. The first-order valence-electron chi connectivity index (χ1n) is 10.9. The quantitative estimate of drug-likeness (QED) is 0.469. The van der Waals surface area contributed by atoms with Crippen LogP contribution < -0.4 is 4.90 Å². The Morgan fingerprint density at radius 2 is 2.06 bits per heavy atom. The zero-order chi connectivity index (χ0) is 24.5. The van der Waals surface area contributed by atoms with Gasteiger partial charge >= 0.3 is 12.0 Å². The van der Waals surface area contributed by atoms with Crippen LogP contribution in [0.4, 0.5) is 9.80 Å². The van der Waals surface area contributed by atoms with E-state index in [1.165, 1.54) is 36.3 Å². The number of aliphatic hydroxyl groups excluding tert-OH is 1. The molecule has 1 atom stereocenters. The molecule has 0 bridgehead atoms. The topological polar surface area (TPSA) is 116 Å². The van der Waals surface area contributed by atoms with E-state index >= 15 is 0 Å². The van der Waals surface area contributed by atoms with Crippen molar-refractivity contribution in [1.29, 1.82) is 0 Å². The number of rotatable bonds is 9. The average Bonchev–Trinajstić information content (AvgIpc) is 3.46. The highest BCUT2D eigenvalue weighted by atomic mass is 32.1. The zero-order valence-electron chi connectivity index (χ0n) is 19.2. The first-order chi connectivity index (χ1) is 16.3. The van der Waals surface area contributed by atoms with Crippen molar-refractivity contribution in [2.75, 3.05) is 24.7 Å². The minimum absolute atomic E-state index is 0.101. The number of benzene rings is 1. The summed E-state index contributed by atoms with van der Waals surface area (Å²) in [6, 6.07) is 9.02. The maximum absolute atomic E-state index is 13.7. The SMILES string of the molecule is Cc1c(-c2ncco2)sc2c1CN(C(C)(C)C(=O)O)C(=O)N2C[C@H](OCCO)c1ccccc1. The van der Waals surface area contributed by atoms with Gasteiger partial charge in [-0.25, -0.2) is 14.6 Å². The zero-order valence-corrected chi connectivity index (χ0v) is 20.0. The number of anilines is 1. The van der Waals surface area contributed by atoms with E-state index in [0.717, 1.165) is 21.6 Å². The fraction of sp³-hybridized carbons (Fsp3) is 0.375. The van der Waals surface area contributed by atoms with Crippen LogP contribution in [0.25, 0.3) is 10.8 Å². The minimum Gasteiger partial charge on any atom is -0.480 e. The highest BCUT2D eigenvalue weighted by molar-refractivity contribution is 7.20. The molecule has 9 nitrogen and oxygen atoms in total. The van der Waals surface area contributed by atoms with Gasteiger partial charge in [0.1, 0.15) is 22.9 Å². The second-order valence-electron chi connectivity index (χ2n) is 8.51. The monoisotopic (exact) mass is 485 g/mol. The smallest absolute Gasteiger partial charge is 0.329 e. The fourth-order valence-corrected chi connectivity index (χ4v) is 5.19. The Morgan fingerprint density at radius 1 is 1.32 bits per heavy atom. The molecule has 34 heavy (non-hydrogen) atoms. The van der Waals surface area contributed by atoms with Crippen LogP contribution in [0.15, 0.2) is 47.2 Å². The highest BCUT2D eigenvalue weighted by Gasteiger charge is 2.45. The molecule has 2 aromatic heterocycles. The second-order valence-corrected chi connectivity index (χ2v) is 9.51. The molecule has 0 saturated carbocycles. The number of carbonyl (C=O) groups excluding carboxylic acids is 1. The van der Waals surface area contributed by atoms with Crippen molar-refractivity contribution in [3.8, 4) is 10.8 Å². The van der Waals surface area contributed by atoms with E-state index in [1.807, 2.05) is 37.3 Å². The van der Waals surface area contributed by atoms with Crippen LogP contribution in [0.2, 0.25) is 0 Å². The number of carboxylic acids is 1. The van der Waals surface area contributed by atoms with E-state index in [0.29, 0.717) is 10.9 Å². The third kappa shape index (κ3) is 4.31. The number of carboxylic acid groups (broad SMARTS) is 1. The van der Waals surface area contributed by atoms with Gasteiger partial charge in [-0.15, -0.1) is 11.3 Å². The lowest BCUT2D eigenvalue weighted by atomic mass is 9.99. The number of aliphatic hydroxyl groups is 1. The minimum atomic E-state index is -1.43. The van der Waals surface area contributed by atoms with Gasteiger partial charge in [-0.3, -0.25) is 4.90 Å². The summed E-state index contributed by atoms with van der Waals surface area (Å²) in [7, 11) is 0. The number of hydrogen-bond acceptors (Lipinski definition) is 7. The molecule has 4 rings (SSSR count). The number of urea groups is 1. The molecule has 0 spiro atoms. The van der Waals surface area contributed by atoms with E-state index in [1.54, 1.807) is 11.1 Å². The van der Waals surface area contributed by atoms with Crippen molar-refractivity contribution in [1.82, 2.24) is 9.88 Å². The summed E-state index contributed by atoms with van der Waals surface area (Å²) in [6.45, 7) is 5.20. The van der Waals surface area contributed by atoms with Crippen molar-refractivity contribution < 1.29 is 29.0 Å². The summed E-state index contributed by atoms with van der Waals surface area (Å²) in [5, 5.41) is 19.9. The Labute approximate surface area is 201 Å². The lowest BCUT2D eigenvalue weighted by Crippen LogP contribution is -2.59. The van der Waals surface area contributed by atoms with Gasteiger partial charge in [0.25, 0.3) is 0 Å². The molecule has 0 radical (unpaired) electrons. The number of ether oxygens (including phenoxy) is 1. The third-order valence-corrected chi connectivity index (χ3v) is 7.37. The van der Waals surface area contributed by atoms with Gasteiger partial charge in [0.05, 0.1) is 37.4 Å². The predicted molar refractivity (Wildman–Crippen MR) is 127 cm³/mol. The number of thiophene rings is 1.